The Hall–Kier alpha value is -3.10. The maximum Gasteiger partial charge on any atom is 0.328 e. The van der Waals surface area contributed by atoms with Gasteiger partial charge in [-0.2, -0.15) is 0 Å². The minimum atomic E-state index is -0.756. The first kappa shape index (κ1) is 17.3. The molecule has 142 valence electrons. The van der Waals surface area contributed by atoms with Gasteiger partial charge in [0, 0.05) is 26.2 Å². The van der Waals surface area contributed by atoms with Crippen molar-refractivity contribution in [3.8, 4) is 0 Å². The second-order valence-electron chi connectivity index (χ2n) is 7.03. The molecule has 3 heterocycles. The monoisotopic (exact) mass is 371 g/mol. The van der Waals surface area contributed by atoms with Gasteiger partial charge in [-0.3, -0.25) is 14.5 Å². The van der Waals surface area contributed by atoms with Crippen LogP contribution in [0, 0.1) is 0 Å². The summed E-state index contributed by atoms with van der Waals surface area (Å²) in [6.45, 7) is 1.36. The molecule has 1 aromatic carbocycles. The van der Waals surface area contributed by atoms with E-state index in [-0.39, 0.29) is 32.1 Å². The fourth-order valence-corrected chi connectivity index (χ4v) is 3.94. The van der Waals surface area contributed by atoms with E-state index in [1.54, 1.807) is 4.90 Å². The molecule has 0 saturated carbocycles. The van der Waals surface area contributed by atoms with Gasteiger partial charge in [0.1, 0.15) is 12.6 Å². The summed E-state index contributed by atoms with van der Waals surface area (Å²) in [4.78, 5) is 54.7. The number of hydrogen-bond acceptors (Lipinski definition) is 4. The number of nitrogens with two attached hydrogens (primary N) is 1. The number of carbonyl (C=O) groups is 4. The molecule has 1 atom stereocenters. The highest BCUT2D eigenvalue weighted by Gasteiger charge is 2.49. The van der Waals surface area contributed by atoms with Crippen LogP contribution in [0.5, 0.6) is 0 Å². The Morgan fingerprint density at radius 2 is 1.78 bits per heavy atom. The van der Waals surface area contributed by atoms with Gasteiger partial charge >= 0.3 is 12.1 Å². The largest absolute Gasteiger partial charge is 0.351 e. The second-order valence-corrected chi connectivity index (χ2v) is 7.03. The molecule has 3 aliphatic heterocycles. The third-order valence-electron chi connectivity index (χ3n) is 5.50. The molecule has 2 saturated heterocycles. The lowest BCUT2D eigenvalue weighted by molar-refractivity contribution is -0.138. The van der Waals surface area contributed by atoms with E-state index in [1.807, 2.05) is 24.3 Å². The van der Waals surface area contributed by atoms with Crippen LogP contribution in [0.4, 0.5) is 9.59 Å². The van der Waals surface area contributed by atoms with Gasteiger partial charge in [-0.15, -0.1) is 0 Å². The first-order valence-corrected chi connectivity index (χ1v) is 8.96. The summed E-state index contributed by atoms with van der Waals surface area (Å²) in [5.41, 5.74) is 7.59. The van der Waals surface area contributed by atoms with Gasteiger partial charge < -0.3 is 20.4 Å². The van der Waals surface area contributed by atoms with Crippen molar-refractivity contribution in [1.29, 1.82) is 0 Å². The van der Waals surface area contributed by atoms with Gasteiger partial charge in [0.25, 0.3) is 5.91 Å². The second kappa shape index (κ2) is 6.57. The number of piperazine rings is 1. The predicted molar refractivity (Wildman–Crippen MR) is 94.3 cm³/mol. The summed E-state index contributed by atoms with van der Waals surface area (Å²) < 4.78 is 0. The molecule has 1 aromatic rings. The Balaban J connectivity index is 1.44. The highest BCUT2D eigenvalue weighted by atomic mass is 16.2. The molecule has 2 N–H and O–H groups in total. The summed E-state index contributed by atoms with van der Waals surface area (Å²) >= 11 is 0. The van der Waals surface area contributed by atoms with Crippen LogP contribution in [0.1, 0.15) is 11.1 Å². The average Bonchev–Trinajstić information content (AvgIpc) is 2.92. The summed E-state index contributed by atoms with van der Waals surface area (Å²) in [6.07, 6.45) is 0.756. The maximum absolute atomic E-state index is 12.7. The van der Waals surface area contributed by atoms with Crippen LogP contribution in [0.2, 0.25) is 0 Å². The molecule has 2 fully saturated rings. The van der Waals surface area contributed by atoms with Gasteiger partial charge in [0.2, 0.25) is 5.91 Å². The molecule has 9 nitrogen and oxygen atoms in total. The fourth-order valence-electron chi connectivity index (χ4n) is 3.94. The molecule has 0 aromatic heterocycles. The van der Waals surface area contributed by atoms with Gasteiger partial charge in [-0.25, -0.2) is 9.59 Å². The number of carbonyl (C=O) groups excluding carboxylic acids is 4. The smallest absolute Gasteiger partial charge is 0.328 e. The normalized spacial score (nSPS) is 22.0. The number of benzene rings is 1. The Kier molecular flexibility index (Phi) is 4.21. The number of rotatable bonds is 2. The predicted octanol–water partition coefficient (Wildman–Crippen LogP) is -0.402. The van der Waals surface area contributed by atoms with E-state index >= 15 is 0 Å². The molecular formula is C18H21N5O4. The number of imide groups is 1. The number of urea groups is 2. The van der Waals surface area contributed by atoms with Gasteiger partial charge in [-0.05, 0) is 17.5 Å². The molecular weight excluding hydrogens is 350 g/mol. The molecule has 0 aliphatic carbocycles. The highest BCUT2D eigenvalue weighted by Crippen LogP contribution is 2.23. The minimum absolute atomic E-state index is 0.0711. The molecule has 1 unspecified atom stereocenters. The summed E-state index contributed by atoms with van der Waals surface area (Å²) in [5, 5.41) is 0. The Labute approximate surface area is 156 Å². The molecule has 0 spiro atoms. The Bertz CT molecular complexity index is 826. The average molecular weight is 371 g/mol. The zero-order chi connectivity index (χ0) is 19.1. The minimum Gasteiger partial charge on any atom is -0.351 e. The van der Waals surface area contributed by atoms with E-state index in [9.17, 15) is 19.2 Å². The van der Waals surface area contributed by atoms with Crippen molar-refractivity contribution >= 4 is 23.9 Å². The van der Waals surface area contributed by atoms with Gasteiger partial charge in [-0.1, -0.05) is 24.3 Å². The van der Waals surface area contributed by atoms with Crippen molar-refractivity contribution in [3.63, 3.8) is 0 Å². The number of fused-ring (bicyclic) bond motifs is 2. The van der Waals surface area contributed by atoms with Crippen molar-refractivity contribution in [1.82, 2.24) is 19.6 Å². The molecule has 6 amide bonds. The van der Waals surface area contributed by atoms with Crippen LogP contribution in [0.3, 0.4) is 0 Å². The fraction of sp³-hybridized carbons (Fsp3) is 0.444. The van der Waals surface area contributed by atoms with E-state index in [2.05, 4.69) is 0 Å². The summed E-state index contributed by atoms with van der Waals surface area (Å²) in [7, 11) is 0. The third kappa shape index (κ3) is 2.98. The van der Waals surface area contributed by atoms with E-state index in [1.165, 1.54) is 15.4 Å². The number of amides is 6. The molecule has 0 bridgehead atoms. The standard InChI is InChI=1S/C18H21N5O4/c19-17(26)21-7-8-22-14(10-21)16(25)23(18(22)27)11-15(24)20-6-5-12-3-1-2-4-13(12)9-20/h1-4,14H,5-11H2,(H2,19,26). The molecule has 27 heavy (non-hydrogen) atoms. The van der Waals surface area contributed by atoms with E-state index in [0.717, 1.165) is 16.9 Å². The van der Waals surface area contributed by atoms with Crippen LogP contribution in [-0.4, -0.2) is 82.2 Å². The van der Waals surface area contributed by atoms with E-state index in [0.29, 0.717) is 13.1 Å². The van der Waals surface area contributed by atoms with Gasteiger partial charge in [0.15, 0.2) is 0 Å². The van der Waals surface area contributed by atoms with Crippen molar-refractivity contribution < 1.29 is 19.2 Å². The van der Waals surface area contributed by atoms with Crippen LogP contribution in [-0.2, 0) is 22.6 Å². The van der Waals surface area contributed by atoms with Crippen molar-refractivity contribution in [2.45, 2.75) is 19.0 Å². The number of nitrogens with zero attached hydrogens (tertiary/aromatic N) is 4. The number of primary amides is 1. The highest BCUT2D eigenvalue weighted by molar-refractivity contribution is 6.07. The molecule has 3 aliphatic rings. The molecule has 0 radical (unpaired) electrons. The van der Waals surface area contributed by atoms with E-state index in [4.69, 9.17) is 5.73 Å². The van der Waals surface area contributed by atoms with E-state index < -0.39 is 24.0 Å². The quantitative estimate of drug-likeness (QED) is 0.714. The summed E-state index contributed by atoms with van der Waals surface area (Å²) in [5.74, 6) is -0.700. The lowest BCUT2D eigenvalue weighted by Gasteiger charge is -2.34. The van der Waals surface area contributed by atoms with Crippen molar-refractivity contribution in [2.75, 3.05) is 32.7 Å². The zero-order valence-electron chi connectivity index (χ0n) is 14.8. The van der Waals surface area contributed by atoms with Crippen LogP contribution in [0.25, 0.3) is 0 Å². The van der Waals surface area contributed by atoms with Crippen LogP contribution < -0.4 is 5.73 Å². The van der Waals surface area contributed by atoms with Crippen molar-refractivity contribution in [2.24, 2.45) is 5.73 Å². The Morgan fingerprint density at radius 1 is 1.04 bits per heavy atom. The zero-order valence-corrected chi connectivity index (χ0v) is 14.8. The first-order chi connectivity index (χ1) is 13.0. The first-order valence-electron chi connectivity index (χ1n) is 8.96. The maximum atomic E-state index is 12.7. The van der Waals surface area contributed by atoms with Crippen molar-refractivity contribution in [3.05, 3.63) is 35.4 Å². The molecule has 4 rings (SSSR count). The topological polar surface area (TPSA) is 107 Å². The third-order valence-corrected chi connectivity index (χ3v) is 5.50. The lowest BCUT2D eigenvalue weighted by Crippen LogP contribution is -2.55. The molecule has 9 heteroatoms. The van der Waals surface area contributed by atoms with Crippen LogP contribution >= 0.6 is 0 Å². The lowest BCUT2D eigenvalue weighted by atomic mass is 10.00. The Morgan fingerprint density at radius 3 is 2.52 bits per heavy atom. The summed E-state index contributed by atoms with van der Waals surface area (Å²) in [6, 6.07) is 6.10. The van der Waals surface area contributed by atoms with Gasteiger partial charge in [0.05, 0.1) is 6.54 Å². The van der Waals surface area contributed by atoms with Crippen LogP contribution in [0.15, 0.2) is 24.3 Å². The number of hydrogen-bond donors (Lipinski definition) is 1. The SMILES string of the molecule is NC(=O)N1CCN2C(=O)N(CC(=O)N3CCc4ccccc4C3)C(=O)C2C1.